The predicted molar refractivity (Wildman–Crippen MR) is 126 cm³/mol. The lowest BCUT2D eigenvalue weighted by atomic mass is 9.97. The highest BCUT2D eigenvalue weighted by molar-refractivity contribution is 7.89. The minimum absolute atomic E-state index is 0.185. The van der Waals surface area contributed by atoms with Gasteiger partial charge in [0.15, 0.2) is 4.90 Å². The molecule has 0 saturated carbocycles. The van der Waals surface area contributed by atoms with E-state index in [4.69, 9.17) is 0 Å². The van der Waals surface area contributed by atoms with Gasteiger partial charge >= 0.3 is 0 Å². The van der Waals surface area contributed by atoms with Crippen LogP contribution >= 0.6 is 0 Å². The first-order chi connectivity index (χ1) is 15.4. The first-order valence-electron chi connectivity index (χ1n) is 10.7. The maximum atomic E-state index is 13.4. The van der Waals surface area contributed by atoms with Crippen LogP contribution in [0.1, 0.15) is 25.8 Å². The highest BCUT2D eigenvalue weighted by Crippen LogP contribution is 2.38. The number of fused-ring (bicyclic) bond motifs is 1. The van der Waals surface area contributed by atoms with E-state index in [0.29, 0.717) is 16.4 Å². The number of nitrogens with one attached hydrogen (secondary N) is 1. The Morgan fingerprint density at radius 3 is 2.88 bits per heavy atom. The van der Waals surface area contributed by atoms with Gasteiger partial charge in [-0.25, -0.2) is 0 Å². The zero-order valence-electron chi connectivity index (χ0n) is 18.2. The zero-order chi connectivity index (χ0) is 22.3. The van der Waals surface area contributed by atoms with Crippen LogP contribution in [0.25, 0.3) is 22.0 Å². The average molecular weight is 444 g/mol. The molecule has 162 valence electrons. The van der Waals surface area contributed by atoms with Crippen LogP contribution in [0, 0.1) is 17.2 Å². The van der Waals surface area contributed by atoms with Crippen molar-refractivity contribution >= 4 is 22.3 Å². The second-order valence-corrected chi connectivity index (χ2v) is 10.5. The second-order valence-electron chi connectivity index (χ2n) is 9.06. The van der Waals surface area contributed by atoms with Crippen molar-refractivity contribution in [3.05, 3.63) is 72.7 Å². The fraction of sp³-hybridized carbons (Fsp3) is 0.280. The van der Waals surface area contributed by atoms with Crippen LogP contribution in [0.15, 0.2) is 72.0 Å². The molecule has 6 nitrogen and oxygen atoms in total. The number of aromatic nitrogens is 3. The number of nitrogens with zero attached hydrogens (tertiary/aromatic N) is 4. The molecule has 0 bridgehead atoms. The van der Waals surface area contributed by atoms with Gasteiger partial charge in [0.25, 0.3) is 0 Å². The summed E-state index contributed by atoms with van der Waals surface area (Å²) in [5.41, 5.74) is 3.78. The Morgan fingerprint density at radius 1 is 1.22 bits per heavy atom. The number of benzene rings is 2. The van der Waals surface area contributed by atoms with E-state index in [1.807, 2.05) is 18.5 Å². The van der Waals surface area contributed by atoms with Crippen LogP contribution in [0.4, 0.5) is 0 Å². The largest absolute Gasteiger partial charge is 0.593 e. The van der Waals surface area contributed by atoms with E-state index in [9.17, 15) is 9.81 Å². The lowest BCUT2D eigenvalue weighted by Gasteiger charge is -2.30. The molecule has 7 heteroatoms. The molecule has 0 amide bonds. The van der Waals surface area contributed by atoms with Gasteiger partial charge in [-0.05, 0) is 62.1 Å². The number of hydrogen-bond acceptors (Lipinski definition) is 4. The fourth-order valence-corrected chi connectivity index (χ4v) is 6.34. The number of aromatic amines is 1. The molecule has 2 aromatic carbocycles. The van der Waals surface area contributed by atoms with Gasteiger partial charge < -0.3 is 9.12 Å². The SMILES string of the molecule is CC1(C)CC(Cn2ccc3cc(-c4cn[nH]c4)ccc32)CN1[S@@+]([O-])c1cccc(C#N)c1. The van der Waals surface area contributed by atoms with Crippen molar-refractivity contribution in [3.8, 4) is 17.2 Å². The Hall–Kier alpha value is -3.05. The monoisotopic (exact) mass is 443 g/mol. The lowest BCUT2D eigenvalue weighted by Crippen LogP contribution is -2.42. The van der Waals surface area contributed by atoms with Crippen LogP contribution in [0.3, 0.4) is 0 Å². The van der Waals surface area contributed by atoms with E-state index in [1.54, 1.807) is 18.2 Å². The smallest absolute Gasteiger partial charge is 0.175 e. The first-order valence-corrected chi connectivity index (χ1v) is 11.8. The molecule has 1 saturated heterocycles. The van der Waals surface area contributed by atoms with Gasteiger partial charge in [0.05, 0.1) is 41.3 Å². The molecule has 1 fully saturated rings. The number of hydrogen-bond donors (Lipinski definition) is 1. The van der Waals surface area contributed by atoms with Gasteiger partial charge in [-0.1, -0.05) is 12.1 Å². The molecule has 1 N–H and O–H groups in total. The van der Waals surface area contributed by atoms with Crippen molar-refractivity contribution < 1.29 is 4.55 Å². The number of H-pyrrole nitrogens is 1. The summed E-state index contributed by atoms with van der Waals surface area (Å²) >= 11 is -1.29. The number of nitriles is 1. The quantitative estimate of drug-likeness (QED) is 0.452. The molecule has 1 unspecified atom stereocenters. The second kappa shape index (κ2) is 8.14. The molecular weight excluding hydrogens is 418 g/mol. The fourth-order valence-electron chi connectivity index (χ4n) is 4.80. The Balaban J connectivity index is 1.35. The maximum absolute atomic E-state index is 13.4. The molecular formula is C25H25N5OS. The highest BCUT2D eigenvalue weighted by Gasteiger charge is 2.46. The van der Waals surface area contributed by atoms with Gasteiger partial charge in [-0.3, -0.25) is 5.10 Å². The Labute approximate surface area is 190 Å². The summed E-state index contributed by atoms with van der Waals surface area (Å²) in [6, 6.07) is 17.9. The third kappa shape index (κ3) is 3.82. The zero-order valence-corrected chi connectivity index (χ0v) is 19.0. The lowest BCUT2D eigenvalue weighted by molar-refractivity contribution is 0.291. The molecule has 0 spiro atoms. The molecule has 32 heavy (non-hydrogen) atoms. The van der Waals surface area contributed by atoms with E-state index in [2.05, 4.69) is 69.4 Å². The number of rotatable bonds is 5. The van der Waals surface area contributed by atoms with E-state index >= 15 is 0 Å². The van der Waals surface area contributed by atoms with Crippen molar-refractivity contribution in [1.82, 2.24) is 19.1 Å². The summed E-state index contributed by atoms with van der Waals surface area (Å²) in [5.74, 6) is 0.386. The van der Waals surface area contributed by atoms with Gasteiger partial charge in [-0.15, -0.1) is 4.31 Å². The van der Waals surface area contributed by atoms with Crippen molar-refractivity contribution in [3.63, 3.8) is 0 Å². The average Bonchev–Trinajstić information content (AvgIpc) is 3.52. The van der Waals surface area contributed by atoms with Crippen molar-refractivity contribution in [2.45, 2.75) is 37.2 Å². The molecule has 2 aromatic heterocycles. The van der Waals surface area contributed by atoms with E-state index in [0.717, 1.165) is 30.6 Å². The summed E-state index contributed by atoms with van der Waals surface area (Å²) in [7, 11) is 0. The summed E-state index contributed by atoms with van der Waals surface area (Å²) in [6.45, 7) is 5.95. The Morgan fingerprint density at radius 2 is 2.09 bits per heavy atom. The molecule has 2 atom stereocenters. The summed E-state index contributed by atoms with van der Waals surface area (Å²) < 4.78 is 17.7. The molecule has 4 aromatic rings. The van der Waals surface area contributed by atoms with Crippen molar-refractivity contribution in [1.29, 1.82) is 5.26 Å². The van der Waals surface area contributed by atoms with Crippen LogP contribution in [0.5, 0.6) is 0 Å². The van der Waals surface area contributed by atoms with Crippen molar-refractivity contribution in [2.24, 2.45) is 5.92 Å². The first kappa shape index (κ1) is 20.8. The summed E-state index contributed by atoms with van der Waals surface area (Å²) in [5, 5.41) is 17.3. The van der Waals surface area contributed by atoms with Crippen LogP contribution in [0.2, 0.25) is 0 Å². The predicted octanol–water partition coefficient (Wildman–Crippen LogP) is 4.73. The standard InChI is InChI=1S/C25H25N5OS/c1-25(2)12-19(17-30(25)32(31)23-5-3-4-18(10-23)13-26)16-29-9-8-21-11-20(6-7-24(21)29)22-14-27-28-15-22/h3-11,14-15,19H,12,16-17H2,1-2H3,(H,27,28)/t19?,32-/m0/s1. The third-order valence-corrected chi connectivity index (χ3v) is 8.01. The minimum Gasteiger partial charge on any atom is -0.593 e. The maximum Gasteiger partial charge on any atom is 0.175 e. The van der Waals surface area contributed by atoms with Crippen LogP contribution in [-0.2, 0) is 17.9 Å². The Bertz CT molecular complexity index is 1290. The van der Waals surface area contributed by atoms with E-state index < -0.39 is 11.4 Å². The van der Waals surface area contributed by atoms with E-state index in [-0.39, 0.29) is 5.54 Å². The van der Waals surface area contributed by atoms with Gasteiger partial charge in [0.2, 0.25) is 0 Å². The van der Waals surface area contributed by atoms with E-state index in [1.165, 1.54) is 10.9 Å². The van der Waals surface area contributed by atoms with Crippen molar-refractivity contribution in [2.75, 3.05) is 6.54 Å². The van der Waals surface area contributed by atoms with Gasteiger partial charge in [0, 0.05) is 41.5 Å². The topological polar surface area (TPSA) is 83.7 Å². The molecule has 5 rings (SSSR count). The van der Waals surface area contributed by atoms with Gasteiger partial charge in [0.1, 0.15) is 0 Å². The minimum atomic E-state index is -1.29. The van der Waals surface area contributed by atoms with Crippen LogP contribution in [-0.4, -0.2) is 35.7 Å². The van der Waals surface area contributed by atoms with Crippen LogP contribution < -0.4 is 0 Å². The molecule has 0 aliphatic carbocycles. The normalized spacial score (nSPS) is 19.2. The molecule has 1 aliphatic heterocycles. The molecule has 1 aliphatic rings. The summed E-state index contributed by atoms with van der Waals surface area (Å²) in [6.07, 6.45) is 6.84. The Kier molecular flexibility index (Phi) is 5.30. The third-order valence-electron chi connectivity index (χ3n) is 6.31. The molecule has 3 heterocycles. The van der Waals surface area contributed by atoms with Gasteiger partial charge in [-0.2, -0.15) is 10.4 Å². The molecule has 0 radical (unpaired) electrons. The summed E-state index contributed by atoms with van der Waals surface area (Å²) in [4.78, 5) is 0.691. The highest BCUT2D eigenvalue weighted by atomic mass is 32.2.